The van der Waals surface area contributed by atoms with Gasteiger partial charge in [-0.1, -0.05) is 19.1 Å². The largest absolute Gasteiger partial charge is 0.342 e. The molecule has 0 radical (unpaired) electrons. The summed E-state index contributed by atoms with van der Waals surface area (Å²) >= 11 is 0. The third-order valence-electron chi connectivity index (χ3n) is 4.38. The van der Waals surface area contributed by atoms with Gasteiger partial charge in [-0.05, 0) is 56.5 Å². The van der Waals surface area contributed by atoms with Gasteiger partial charge in [-0.3, -0.25) is 4.79 Å². The summed E-state index contributed by atoms with van der Waals surface area (Å²) in [6.45, 7) is 3.94. The molecule has 1 heterocycles. The SMILES string of the molecule is CC(CCc1cccc(F)c1)C(=O)N(C)C1CCNCC1. The second-order valence-electron chi connectivity index (χ2n) is 6.00. The Kier molecular flexibility index (Phi) is 5.74. The number of nitrogens with one attached hydrogen (secondary N) is 1. The average Bonchev–Trinajstić information content (AvgIpc) is 2.52. The molecule has 0 aromatic heterocycles. The first-order valence-corrected chi connectivity index (χ1v) is 7.79. The first-order valence-electron chi connectivity index (χ1n) is 7.79. The van der Waals surface area contributed by atoms with E-state index < -0.39 is 0 Å². The Morgan fingerprint density at radius 1 is 1.43 bits per heavy atom. The molecule has 1 aromatic rings. The van der Waals surface area contributed by atoms with E-state index in [0.29, 0.717) is 6.04 Å². The molecule has 1 saturated heterocycles. The van der Waals surface area contributed by atoms with E-state index in [1.165, 1.54) is 6.07 Å². The Morgan fingerprint density at radius 2 is 2.14 bits per heavy atom. The van der Waals surface area contributed by atoms with Gasteiger partial charge < -0.3 is 10.2 Å². The molecule has 1 atom stereocenters. The van der Waals surface area contributed by atoms with Crippen molar-refractivity contribution < 1.29 is 9.18 Å². The first kappa shape index (κ1) is 16.0. The quantitative estimate of drug-likeness (QED) is 0.905. The molecule has 1 aliphatic rings. The summed E-state index contributed by atoms with van der Waals surface area (Å²) < 4.78 is 13.1. The van der Waals surface area contributed by atoms with Crippen molar-refractivity contribution >= 4 is 5.91 Å². The molecule has 4 heteroatoms. The number of halogens is 1. The number of carbonyl (C=O) groups excluding carboxylic acids is 1. The van der Waals surface area contributed by atoms with Gasteiger partial charge in [-0.2, -0.15) is 0 Å². The molecule has 0 spiro atoms. The van der Waals surface area contributed by atoms with E-state index in [4.69, 9.17) is 0 Å². The number of hydrogen-bond acceptors (Lipinski definition) is 2. The summed E-state index contributed by atoms with van der Waals surface area (Å²) in [4.78, 5) is 14.4. The van der Waals surface area contributed by atoms with Crippen molar-refractivity contribution in [2.45, 2.75) is 38.6 Å². The maximum Gasteiger partial charge on any atom is 0.225 e. The number of nitrogens with zero attached hydrogens (tertiary/aromatic N) is 1. The van der Waals surface area contributed by atoms with Gasteiger partial charge in [0.2, 0.25) is 5.91 Å². The van der Waals surface area contributed by atoms with Gasteiger partial charge in [0.1, 0.15) is 5.82 Å². The van der Waals surface area contributed by atoms with Crippen molar-refractivity contribution in [3.05, 3.63) is 35.6 Å². The lowest BCUT2D eigenvalue weighted by molar-refractivity contribution is -0.136. The Labute approximate surface area is 126 Å². The van der Waals surface area contributed by atoms with E-state index in [2.05, 4.69) is 5.32 Å². The Hall–Kier alpha value is -1.42. The normalized spacial score (nSPS) is 17.5. The molecule has 1 amide bonds. The minimum Gasteiger partial charge on any atom is -0.342 e. The van der Waals surface area contributed by atoms with Gasteiger partial charge in [-0.15, -0.1) is 0 Å². The molecule has 0 saturated carbocycles. The van der Waals surface area contributed by atoms with Crippen LogP contribution in [0.4, 0.5) is 4.39 Å². The van der Waals surface area contributed by atoms with Crippen LogP contribution in [0.3, 0.4) is 0 Å². The average molecular weight is 292 g/mol. The first-order chi connectivity index (χ1) is 10.1. The fourth-order valence-electron chi connectivity index (χ4n) is 2.92. The minimum absolute atomic E-state index is 0.0202. The van der Waals surface area contributed by atoms with Crippen LogP contribution in [-0.4, -0.2) is 37.0 Å². The number of rotatable bonds is 5. The Balaban J connectivity index is 1.84. The molecule has 116 valence electrons. The molecular formula is C17H25FN2O. The van der Waals surface area contributed by atoms with Gasteiger partial charge in [0.25, 0.3) is 0 Å². The topological polar surface area (TPSA) is 32.3 Å². The maximum atomic E-state index is 13.1. The molecule has 1 aliphatic heterocycles. The second-order valence-corrected chi connectivity index (χ2v) is 6.00. The van der Waals surface area contributed by atoms with E-state index in [9.17, 15) is 9.18 Å². The molecule has 1 fully saturated rings. The van der Waals surface area contributed by atoms with Crippen LogP contribution in [0.2, 0.25) is 0 Å². The number of piperidine rings is 1. The smallest absolute Gasteiger partial charge is 0.225 e. The highest BCUT2D eigenvalue weighted by Crippen LogP contribution is 2.17. The third-order valence-corrected chi connectivity index (χ3v) is 4.38. The fraction of sp³-hybridized carbons (Fsp3) is 0.588. The highest BCUT2D eigenvalue weighted by Gasteiger charge is 2.25. The number of benzene rings is 1. The molecule has 1 N–H and O–H groups in total. The van der Waals surface area contributed by atoms with Crippen LogP contribution in [0.5, 0.6) is 0 Å². The van der Waals surface area contributed by atoms with Crippen molar-refractivity contribution in [3.63, 3.8) is 0 Å². The summed E-state index contributed by atoms with van der Waals surface area (Å²) in [5.74, 6) is -0.0234. The number of amides is 1. The zero-order valence-corrected chi connectivity index (χ0v) is 12.9. The van der Waals surface area contributed by atoms with Gasteiger partial charge in [0.05, 0.1) is 0 Å². The van der Waals surface area contributed by atoms with E-state index in [1.54, 1.807) is 12.1 Å². The summed E-state index contributed by atoms with van der Waals surface area (Å²) in [5.41, 5.74) is 0.958. The zero-order chi connectivity index (χ0) is 15.2. The molecule has 1 unspecified atom stereocenters. The van der Waals surface area contributed by atoms with Gasteiger partial charge in [0, 0.05) is 19.0 Å². The minimum atomic E-state index is -0.210. The van der Waals surface area contributed by atoms with Crippen molar-refractivity contribution in [3.8, 4) is 0 Å². The molecule has 3 nitrogen and oxygen atoms in total. The van der Waals surface area contributed by atoms with Crippen LogP contribution >= 0.6 is 0 Å². The highest BCUT2D eigenvalue weighted by molar-refractivity contribution is 5.78. The van der Waals surface area contributed by atoms with Crippen LogP contribution in [0.25, 0.3) is 0 Å². The second kappa shape index (κ2) is 7.55. The van der Waals surface area contributed by atoms with Crippen LogP contribution in [0, 0.1) is 11.7 Å². The van der Waals surface area contributed by atoms with E-state index in [-0.39, 0.29) is 17.6 Å². The lowest BCUT2D eigenvalue weighted by atomic mass is 9.98. The van der Waals surface area contributed by atoms with Gasteiger partial charge >= 0.3 is 0 Å². The predicted molar refractivity (Wildman–Crippen MR) is 82.5 cm³/mol. The summed E-state index contributed by atoms with van der Waals surface area (Å²) in [7, 11) is 1.91. The monoisotopic (exact) mass is 292 g/mol. The molecule has 1 aromatic carbocycles. The molecule has 0 aliphatic carbocycles. The van der Waals surface area contributed by atoms with Gasteiger partial charge in [-0.25, -0.2) is 4.39 Å². The van der Waals surface area contributed by atoms with Crippen LogP contribution < -0.4 is 5.32 Å². The Morgan fingerprint density at radius 3 is 2.81 bits per heavy atom. The van der Waals surface area contributed by atoms with E-state index in [0.717, 1.165) is 44.3 Å². The lowest BCUT2D eigenvalue weighted by Gasteiger charge is -2.33. The summed E-state index contributed by atoms with van der Waals surface area (Å²) in [6.07, 6.45) is 3.56. The third kappa shape index (κ3) is 4.53. The van der Waals surface area contributed by atoms with Crippen molar-refractivity contribution in [1.82, 2.24) is 10.2 Å². The van der Waals surface area contributed by atoms with E-state index >= 15 is 0 Å². The standard InChI is InChI=1S/C17H25FN2O/c1-13(6-7-14-4-3-5-15(18)12-14)17(21)20(2)16-8-10-19-11-9-16/h3-5,12-13,16,19H,6-11H2,1-2H3. The van der Waals surface area contributed by atoms with Crippen molar-refractivity contribution in [2.24, 2.45) is 5.92 Å². The highest BCUT2D eigenvalue weighted by atomic mass is 19.1. The van der Waals surface area contributed by atoms with Crippen molar-refractivity contribution in [1.29, 1.82) is 0 Å². The maximum absolute atomic E-state index is 13.1. The Bertz CT molecular complexity index is 472. The van der Waals surface area contributed by atoms with Crippen molar-refractivity contribution in [2.75, 3.05) is 20.1 Å². The summed E-state index contributed by atoms with van der Waals surface area (Å²) in [5, 5.41) is 3.32. The summed E-state index contributed by atoms with van der Waals surface area (Å²) in [6, 6.07) is 6.99. The van der Waals surface area contributed by atoms with Crippen LogP contribution in [0.1, 0.15) is 31.7 Å². The number of hydrogen-bond donors (Lipinski definition) is 1. The number of aryl methyl sites for hydroxylation is 1. The van der Waals surface area contributed by atoms with Gasteiger partial charge in [0.15, 0.2) is 0 Å². The fourth-order valence-corrected chi connectivity index (χ4v) is 2.92. The molecule has 21 heavy (non-hydrogen) atoms. The van der Waals surface area contributed by atoms with E-state index in [1.807, 2.05) is 24.9 Å². The number of carbonyl (C=O) groups is 1. The predicted octanol–water partition coefficient (Wildman–Crippen LogP) is 2.60. The van der Waals surface area contributed by atoms with Crippen LogP contribution in [-0.2, 0) is 11.2 Å². The molecule has 0 bridgehead atoms. The zero-order valence-electron chi connectivity index (χ0n) is 12.9. The molecule has 2 rings (SSSR count). The molecular weight excluding hydrogens is 267 g/mol. The van der Waals surface area contributed by atoms with Crippen LogP contribution in [0.15, 0.2) is 24.3 Å². The lowest BCUT2D eigenvalue weighted by Crippen LogP contribution is -2.45.